The maximum atomic E-state index is 12.5. The van der Waals surface area contributed by atoms with E-state index in [4.69, 9.17) is 5.26 Å². The van der Waals surface area contributed by atoms with Crippen LogP contribution in [0.3, 0.4) is 0 Å². The molecule has 2 aliphatic rings. The van der Waals surface area contributed by atoms with E-state index in [9.17, 15) is 9.90 Å². The van der Waals surface area contributed by atoms with Crippen LogP contribution in [0.15, 0.2) is 18.3 Å². The number of anilines is 1. The highest BCUT2D eigenvalue weighted by Crippen LogP contribution is 2.28. The lowest BCUT2D eigenvalue weighted by Crippen LogP contribution is -2.51. The highest BCUT2D eigenvalue weighted by molar-refractivity contribution is 5.80. The van der Waals surface area contributed by atoms with Crippen molar-refractivity contribution >= 4 is 11.7 Å². The maximum Gasteiger partial charge on any atom is 0.228 e. The van der Waals surface area contributed by atoms with Crippen molar-refractivity contribution in [3.63, 3.8) is 0 Å². The standard InChI is InChI=1S/C16H20N4O2/c17-11-12-3-2-6-18-15(12)19-7-9-20(10-8-19)16(22)13-4-1-5-14(13)21/h2-3,6,13-14,21H,1,4-5,7-10H2. The number of aliphatic hydroxyl groups excluding tert-OH is 1. The van der Waals surface area contributed by atoms with Crippen LogP contribution < -0.4 is 4.90 Å². The topological polar surface area (TPSA) is 80.5 Å². The van der Waals surface area contributed by atoms with Gasteiger partial charge in [0.2, 0.25) is 5.91 Å². The number of hydrogen-bond acceptors (Lipinski definition) is 5. The second kappa shape index (κ2) is 6.32. The lowest BCUT2D eigenvalue weighted by atomic mass is 10.0. The van der Waals surface area contributed by atoms with E-state index in [1.807, 2.05) is 9.80 Å². The summed E-state index contributed by atoms with van der Waals surface area (Å²) in [6, 6.07) is 5.67. The molecule has 2 unspecified atom stereocenters. The fourth-order valence-corrected chi connectivity index (χ4v) is 3.34. The van der Waals surface area contributed by atoms with Gasteiger partial charge in [-0.05, 0) is 31.4 Å². The van der Waals surface area contributed by atoms with Crippen LogP contribution in [0.1, 0.15) is 24.8 Å². The average Bonchev–Trinajstić information content (AvgIpc) is 3.00. The number of carbonyl (C=O) groups excluding carboxylic acids is 1. The Hall–Kier alpha value is -2.13. The van der Waals surface area contributed by atoms with Crippen LogP contribution >= 0.6 is 0 Å². The van der Waals surface area contributed by atoms with E-state index in [1.165, 1.54) is 0 Å². The summed E-state index contributed by atoms with van der Waals surface area (Å²) >= 11 is 0. The molecule has 6 nitrogen and oxygen atoms in total. The third kappa shape index (κ3) is 2.77. The molecule has 22 heavy (non-hydrogen) atoms. The first-order valence-corrected chi connectivity index (χ1v) is 7.77. The van der Waals surface area contributed by atoms with Gasteiger partial charge in [0.05, 0.1) is 17.6 Å². The summed E-state index contributed by atoms with van der Waals surface area (Å²) in [4.78, 5) is 20.6. The van der Waals surface area contributed by atoms with Gasteiger partial charge < -0.3 is 14.9 Å². The molecule has 0 aromatic carbocycles. The normalized spacial score (nSPS) is 25.1. The summed E-state index contributed by atoms with van der Waals surface area (Å²) in [6.07, 6.45) is 3.65. The summed E-state index contributed by atoms with van der Waals surface area (Å²) in [5, 5.41) is 19.0. The Morgan fingerprint density at radius 2 is 2.09 bits per heavy atom. The molecule has 2 atom stereocenters. The van der Waals surface area contributed by atoms with Gasteiger partial charge >= 0.3 is 0 Å². The summed E-state index contributed by atoms with van der Waals surface area (Å²) in [5.74, 6) is 0.542. The molecule has 1 aliphatic heterocycles. The average molecular weight is 300 g/mol. The smallest absolute Gasteiger partial charge is 0.228 e. The zero-order chi connectivity index (χ0) is 15.5. The number of pyridine rings is 1. The van der Waals surface area contributed by atoms with Crippen molar-refractivity contribution in [1.29, 1.82) is 5.26 Å². The molecule has 1 aromatic rings. The van der Waals surface area contributed by atoms with Crippen molar-refractivity contribution in [1.82, 2.24) is 9.88 Å². The van der Waals surface area contributed by atoms with Gasteiger partial charge in [0.15, 0.2) is 0 Å². The number of rotatable bonds is 2. The Bertz CT molecular complexity index is 590. The third-order valence-corrected chi connectivity index (χ3v) is 4.59. The van der Waals surface area contributed by atoms with Crippen molar-refractivity contribution in [3.8, 4) is 6.07 Å². The number of nitriles is 1. The molecule has 1 aromatic heterocycles. The molecule has 0 spiro atoms. The minimum absolute atomic E-state index is 0.0752. The van der Waals surface area contributed by atoms with E-state index in [2.05, 4.69) is 11.1 Å². The number of amides is 1. The molecule has 1 saturated carbocycles. The van der Waals surface area contributed by atoms with Gasteiger partial charge in [0.25, 0.3) is 0 Å². The van der Waals surface area contributed by atoms with Crippen molar-refractivity contribution in [3.05, 3.63) is 23.9 Å². The Balaban J connectivity index is 1.63. The summed E-state index contributed by atoms with van der Waals surface area (Å²) in [7, 11) is 0. The Morgan fingerprint density at radius 1 is 1.32 bits per heavy atom. The number of carbonyl (C=O) groups is 1. The minimum Gasteiger partial charge on any atom is -0.392 e. The molecule has 0 radical (unpaired) electrons. The molecular weight excluding hydrogens is 280 g/mol. The molecule has 6 heteroatoms. The van der Waals surface area contributed by atoms with Crippen LogP contribution in [0, 0.1) is 17.2 Å². The zero-order valence-corrected chi connectivity index (χ0v) is 12.5. The molecule has 116 valence electrons. The van der Waals surface area contributed by atoms with E-state index in [-0.39, 0.29) is 11.8 Å². The molecule has 0 bridgehead atoms. The van der Waals surface area contributed by atoms with E-state index < -0.39 is 6.10 Å². The number of aromatic nitrogens is 1. The monoisotopic (exact) mass is 300 g/mol. The van der Waals surface area contributed by atoms with Crippen LogP contribution in [0.5, 0.6) is 0 Å². The number of piperazine rings is 1. The highest BCUT2D eigenvalue weighted by atomic mass is 16.3. The van der Waals surface area contributed by atoms with E-state index >= 15 is 0 Å². The lowest BCUT2D eigenvalue weighted by Gasteiger charge is -2.37. The van der Waals surface area contributed by atoms with Gasteiger partial charge in [-0.25, -0.2) is 4.98 Å². The fraction of sp³-hybridized carbons (Fsp3) is 0.562. The lowest BCUT2D eigenvalue weighted by molar-refractivity contribution is -0.138. The van der Waals surface area contributed by atoms with Gasteiger partial charge in [-0.1, -0.05) is 0 Å². The van der Waals surface area contributed by atoms with E-state index in [0.29, 0.717) is 37.6 Å². The molecule has 1 saturated heterocycles. The van der Waals surface area contributed by atoms with Crippen molar-refractivity contribution in [2.45, 2.75) is 25.4 Å². The Labute approximate surface area is 130 Å². The van der Waals surface area contributed by atoms with Crippen LogP contribution in [-0.2, 0) is 4.79 Å². The van der Waals surface area contributed by atoms with Gasteiger partial charge in [0, 0.05) is 32.4 Å². The Morgan fingerprint density at radius 3 is 2.73 bits per heavy atom. The summed E-state index contributed by atoms with van der Waals surface area (Å²) in [6.45, 7) is 2.56. The summed E-state index contributed by atoms with van der Waals surface area (Å²) < 4.78 is 0. The minimum atomic E-state index is -0.480. The number of aliphatic hydroxyl groups is 1. The SMILES string of the molecule is N#Cc1cccnc1N1CCN(C(=O)C2CCCC2O)CC1. The van der Waals surface area contributed by atoms with E-state index in [0.717, 1.165) is 19.3 Å². The van der Waals surface area contributed by atoms with Gasteiger partial charge in [0.1, 0.15) is 11.9 Å². The largest absolute Gasteiger partial charge is 0.392 e. The first-order valence-electron chi connectivity index (χ1n) is 7.77. The molecule has 2 heterocycles. The molecular formula is C16H20N4O2. The highest BCUT2D eigenvalue weighted by Gasteiger charge is 2.35. The number of hydrogen-bond donors (Lipinski definition) is 1. The zero-order valence-electron chi connectivity index (χ0n) is 12.5. The fourth-order valence-electron chi connectivity index (χ4n) is 3.34. The van der Waals surface area contributed by atoms with Crippen molar-refractivity contribution in [2.75, 3.05) is 31.1 Å². The van der Waals surface area contributed by atoms with Crippen LogP contribution in [-0.4, -0.2) is 53.2 Å². The van der Waals surface area contributed by atoms with Crippen LogP contribution in [0.4, 0.5) is 5.82 Å². The van der Waals surface area contributed by atoms with Crippen molar-refractivity contribution in [2.24, 2.45) is 5.92 Å². The van der Waals surface area contributed by atoms with Crippen LogP contribution in [0.25, 0.3) is 0 Å². The second-order valence-corrected chi connectivity index (χ2v) is 5.90. The van der Waals surface area contributed by atoms with Gasteiger partial charge in [-0.15, -0.1) is 0 Å². The first-order chi connectivity index (χ1) is 10.7. The third-order valence-electron chi connectivity index (χ3n) is 4.59. The van der Waals surface area contributed by atoms with Crippen LogP contribution in [0.2, 0.25) is 0 Å². The van der Waals surface area contributed by atoms with Crippen molar-refractivity contribution < 1.29 is 9.90 Å². The molecule has 1 aliphatic carbocycles. The quantitative estimate of drug-likeness (QED) is 0.872. The maximum absolute atomic E-state index is 12.5. The predicted octanol–water partition coefficient (Wildman–Crippen LogP) is 0.763. The molecule has 1 N–H and O–H groups in total. The first kappa shape index (κ1) is 14.8. The second-order valence-electron chi connectivity index (χ2n) is 5.90. The molecule has 2 fully saturated rings. The number of nitrogens with zero attached hydrogens (tertiary/aromatic N) is 4. The molecule has 1 amide bonds. The van der Waals surface area contributed by atoms with E-state index in [1.54, 1.807) is 18.3 Å². The molecule has 3 rings (SSSR count). The van der Waals surface area contributed by atoms with Gasteiger partial charge in [-0.3, -0.25) is 4.79 Å². The van der Waals surface area contributed by atoms with Gasteiger partial charge in [-0.2, -0.15) is 5.26 Å². The Kier molecular flexibility index (Phi) is 4.25. The predicted molar refractivity (Wildman–Crippen MR) is 81.1 cm³/mol. The summed E-state index contributed by atoms with van der Waals surface area (Å²) in [5.41, 5.74) is 0.563.